The van der Waals surface area contributed by atoms with Gasteiger partial charge in [0.15, 0.2) is 0 Å². The van der Waals surface area contributed by atoms with E-state index >= 15 is 0 Å². The summed E-state index contributed by atoms with van der Waals surface area (Å²) in [4.78, 5) is 0.242. The molecule has 0 aliphatic carbocycles. The van der Waals surface area contributed by atoms with E-state index in [1.165, 1.54) is 0 Å². The first-order valence-corrected chi connectivity index (χ1v) is 8.34. The Morgan fingerprint density at radius 3 is 2.18 bits per heavy atom. The van der Waals surface area contributed by atoms with E-state index in [2.05, 4.69) is 4.72 Å². The Kier molecular flexibility index (Phi) is 5.41. The lowest BCUT2D eigenvalue weighted by Crippen LogP contribution is -2.36. The fourth-order valence-corrected chi connectivity index (χ4v) is 3.11. The summed E-state index contributed by atoms with van der Waals surface area (Å²) in [6.07, 6.45) is 0. The number of rotatable bonds is 7. The molecule has 0 saturated carbocycles. The van der Waals surface area contributed by atoms with Crippen molar-refractivity contribution in [3.63, 3.8) is 0 Å². The van der Waals surface area contributed by atoms with E-state index in [1.807, 2.05) is 0 Å². The molecule has 5 nitrogen and oxygen atoms in total. The van der Waals surface area contributed by atoms with Crippen molar-refractivity contribution in [2.75, 3.05) is 13.7 Å². The molecule has 2 aromatic carbocycles. The van der Waals surface area contributed by atoms with Crippen LogP contribution in [-0.4, -0.2) is 28.2 Å². The van der Waals surface area contributed by atoms with E-state index < -0.39 is 10.0 Å². The second-order valence-electron chi connectivity index (χ2n) is 4.82. The van der Waals surface area contributed by atoms with Crippen molar-refractivity contribution in [3.8, 4) is 11.5 Å². The van der Waals surface area contributed by atoms with E-state index in [4.69, 9.17) is 9.47 Å². The predicted octanol–water partition coefficient (Wildman–Crippen LogP) is 2.44. The van der Waals surface area contributed by atoms with Gasteiger partial charge in [-0.15, -0.1) is 0 Å². The van der Waals surface area contributed by atoms with E-state index in [9.17, 15) is 8.42 Å². The van der Waals surface area contributed by atoms with Crippen molar-refractivity contribution in [3.05, 3.63) is 54.6 Å². The molecule has 0 fully saturated rings. The molecule has 0 aliphatic heterocycles. The van der Waals surface area contributed by atoms with Crippen LogP contribution in [-0.2, 0) is 10.0 Å². The molecule has 0 radical (unpaired) electrons. The van der Waals surface area contributed by atoms with Crippen LogP contribution in [0.5, 0.6) is 11.5 Å². The third kappa shape index (κ3) is 4.47. The zero-order valence-corrected chi connectivity index (χ0v) is 13.3. The van der Waals surface area contributed by atoms with Gasteiger partial charge in [0.2, 0.25) is 10.0 Å². The first kappa shape index (κ1) is 16.3. The molecule has 6 heteroatoms. The molecule has 0 amide bonds. The SMILES string of the molecule is COc1ccc(OCC(C)NS(=O)(=O)c2ccccc2)cc1. The van der Waals surface area contributed by atoms with Crippen molar-refractivity contribution in [1.29, 1.82) is 0 Å². The van der Waals surface area contributed by atoms with Crippen LogP contribution in [0.15, 0.2) is 59.5 Å². The van der Waals surface area contributed by atoms with Gasteiger partial charge in [0.1, 0.15) is 18.1 Å². The average molecular weight is 321 g/mol. The Morgan fingerprint density at radius 2 is 1.59 bits per heavy atom. The minimum Gasteiger partial charge on any atom is -0.497 e. The summed E-state index contributed by atoms with van der Waals surface area (Å²) in [7, 11) is -1.93. The van der Waals surface area contributed by atoms with Crippen LogP contribution >= 0.6 is 0 Å². The fraction of sp³-hybridized carbons (Fsp3) is 0.250. The van der Waals surface area contributed by atoms with Crippen molar-refractivity contribution in [1.82, 2.24) is 4.72 Å². The first-order valence-electron chi connectivity index (χ1n) is 6.85. The molecule has 118 valence electrons. The molecule has 22 heavy (non-hydrogen) atoms. The van der Waals surface area contributed by atoms with Crippen LogP contribution in [0.25, 0.3) is 0 Å². The zero-order valence-electron chi connectivity index (χ0n) is 12.5. The van der Waals surface area contributed by atoms with Crippen molar-refractivity contribution >= 4 is 10.0 Å². The smallest absolute Gasteiger partial charge is 0.240 e. The minimum atomic E-state index is -3.52. The van der Waals surface area contributed by atoms with Crippen molar-refractivity contribution < 1.29 is 17.9 Å². The Hall–Kier alpha value is -2.05. The summed E-state index contributed by atoms with van der Waals surface area (Å²) in [5.41, 5.74) is 0. The maximum absolute atomic E-state index is 12.2. The van der Waals surface area contributed by atoms with E-state index in [1.54, 1.807) is 68.6 Å². The van der Waals surface area contributed by atoms with Gasteiger partial charge in [0, 0.05) is 0 Å². The van der Waals surface area contributed by atoms with Crippen LogP contribution in [0.2, 0.25) is 0 Å². The molecule has 0 spiro atoms. The molecule has 0 heterocycles. The molecule has 2 aromatic rings. The van der Waals surface area contributed by atoms with Gasteiger partial charge in [-0.25, -0.2) is 13.1 Å². The number of methoxy groups -OCH3 is 1. The third-order valence-electron chi connectivity index (χ3n) is 2.97. The summed E-state index contributed by atoms with van der Waals surface area (Å²) in [6, 6.07) is 15.0. The van der Waals surface area contributed by atoms with Gasteiger partial charge < -0.3 is 9.47 Å². The van der Waals surface area contributed by atoms with E-state index in [0.29, 0.717) is 5.75 Å². The van der Waals surface area contributed by atoms with Gasteiger partial charge >= 0.3 is 0 Å². The molecule has 0 aliphatic rings. The number of benzene rings is 2. The van der Waals surface area contributed by atoms with Crippen molar-refractivity contribution in [2.24, 2.45) is 0 Å². The second-order valence-corrected chi connectivity index (χ2v) is 6.54. The molecule has 0 bridgehead atoms. The molecule has 0 aromatic heterocycles. The highest BCUT2D eigenvalue weighted by Gasteiger charge is 2.17. The first-order chi connectivity index (χ1) is 10.5. The molecule has 1 atom stereocenters. The molecule has 0 saturated heterocycles. The third-order valence-corrected chi connectivity index (χ3v) is 4.57. The number of ether oxygens (including phenoxy) is 2. The van der Waals surface area contributed by atoms with Gasteiger partial charge in [-0.05, 0) is 43.3 Å². The van der Waals surface area contributed by atoms with Crippen LogP contribution in [0.1, 0.15) is 6.92 Å². The molecule has 1 unspecified atom stereocenters. The number of hydrogen-bond acceptors (Lipinski definition) is 4. The highest BCUT2D eigenvalue weighted by Crippen LogP contribution is 2.17. The van der Waals surface area contributed by atoms with Gasteiger partial charge in [0.05, 0.1) is 18.0 Å². The standard InChI is InChI=1S/C16H19NO4S/c1-13(12-21-15-10-8-14(20-2)9-11-15)17-22(18,19)16-6-4-3-5-7-16/h3-11,13,17H,12H2,1-2H3. The number of hydrogen-bond donors (Lipinski definition) is 1. The Morgan fingerprint density at radius 1 is 1.00 bits per heavy atom. The second kappa shape index (κ2) is 7.29. The molecular weight excluding hydrogens is 302 g/mol. The number of nitrogens with one attached hydrogen (secondary N) is 1. The van der Waals surface area contributed by atoms with Gasteiger partial charge in [-0.3, -0.25) is 0 Å². The van der Waals surface area contributed by atoms with Crippen molar-refractivity contribution in [2.45, 2.75) is 17.9 Å². The Labute approximate surface area is 130 Å². The lowest BCUT2D eigenvalue weighted by atomic mass is 10.3. The summed E-state index contributed by atoms with van der Waals surface area (Å²) >= 11 is 0. The summed E-state index contributed by atoms with van der Waals surface area (Å²) in [6.45, 7) is 1.99. The largest absolute Gasteiger partial charge is 0.497 e. The molecule has 1 N–H and O–H groups in total. The van der Waals surface area contributed by atoms with Crippen LogP contribution < -0.4 is 14.2 Å². The van der Waals surface area contributed by atoms with Gasteiger partial charge in [-0.2, -0.15) is 0 Å². The predicted molar refractivity (Wildman–Crippen MR) is 84.7 cm³/mol. The Balaban J connectivity index is 1.91. The average Bonchev–Trinajstić information content (AvgIpc) is 2.54. The lowest BCUT2D eigenvalue weighted by molar-refractivity contribution is 0.287. The van der Waals surface area contributed by atoms with Crippen LogP contribution in [0.3, 0.4) is 0 Å². The maximum Gasteiger partial charge on any atom is 0.240 e. The molecular formula is C16H19NO4S. The molecule has 2 rings (SSSR count). The Bertz CT molecular complexity index is 684. The summed E-state index contributed by atoms with van der Waals surface area (Å²) < 4.78 is 37.5. The highest BCUT2D eigenvalue weighted by molar-refractivity contribution is 7.89. The van der Waals surface area contributed by atoms with Gasteiger partial charge in [0.25, 0.3) is 0 Å². The van der Waals surface area contributed by atoms with Crippen LogP contribution in [0.4, 0.5) is 0 Å². The van der Waals surface area contributed by atoms with Crippen LogP contribution in [0, 0.1) is 0 Å². The minimum absolute atomic E-state index is 0.235. The van der Waals surface area contributed by atoms with E-state index in [-0.39, 0.29) is 17.5 Å². The quantitative estimate of drug-likeness (QED) is 0.851. The maximum atomic E-state index is 12.2. The fourth-order valence-electron chi connectivity index (χ4n) is 1.86. The van der Waals surface area contributed by atoms with E-state index in [0.717, 1.165) is 5.75 Å². The summed E-state index contributed by atoms with van der Waals surface area (Å²) in [5, 5.41) is 0. The normalized spacial score (nSPS) is 12.6. The topological polar surface area (TPSA) is 64.6 Å². The number of sulfonamides is 1. The monoisotopic (exact) mass is 321 g/mol. The zero-order chi connectivity index (χ0) is 16.0. The lowest BCUT2D eigenvalue weighted by Gasteiger charge is -2.15. The summed E-state index contributed by atoms with van der Waals surface area (Å²) in [5.74, 6) is 1.40. The highest BCUT2D eigenvalue weighted by atomic mass is 32.2. The van der Waals surface area contributed by atoms with Gasteiger partial charge in [-0.1, -0.05) is 18.2 Å².